The van der Waals surface area contributed by atoms with E-state index in [2.05, 4.69) is 34.7 Å². The summed E-state index contributed by atoms with van der Waals surface area (Å²) in [5.41, 5.74) is 0.600. The number of likely N-dealkylation sites (tertiary alicyclic amines) is 1. The SMILES string of the molecule is CC1(C)CCN(CCBr)CC1. The molecule has 1 aliphatic heterocycles. The highest BCUT2D eigenvalue weighted by atomic mass is 79.9. The second-order valence-electron chi connectivity index (χ2n) is 4.19. The lowest BCUT2D eigenvalue weighted by Gasteiger charge is -2.36. The van der Waals surface area contributed by atoms with Crippen molar-refractivity contribution in [2.45, 2.75) is 26.7 Å². The highest BCUT2D eigenvalue weighted by Gasteiger charge is 2.24. The van der Waals surface area contributed by atoms with Gasteiger partial charge < -0.3 is 4.90 Å². The van der Waals surface area contributed by atoms with Crippen LogP contribution in [0.15, 0.2) is 0 Å². The summed E-state index contributed by atoms with van der Waals surface area (Å²) in [7, 11) is 0. The van der Waals surface area contributed by atoms with Gasteiger partial charge in [-0.3, -0.25) is 0 Å². The predicted molar refractivity (Wildman–Crippen MR) is 53.2 cm³/mol. The van der Waals surface area contributed by atoms with Crippen LogP contribution in [0.5, 0.6) is 0 Å². The van der Waals surface area contributed by atoms with E-state index in [9.17, 15) is 0 Å². The summed E-state index contributed by atoms with van der Waals surface area (Å²) in [6.45, 7) is 8.55. The number of piperidine rings is 1. The minimum atomic E-state index is 0.600. The molecule has 0 bridgehead atoms. The van der Waals surface area contributed by atoms with Crippen LogP contribution in [-0.4, -0.2) is 29.9 Å². The molecule has 66 valence electrons. The Balaban J connectivity index is 2.25. The average molecular weight is 220 g/mol. The maximum atomic E-state index is 3.47. The Morgan fingerprint density at radius 1 is 1.27 bits per heavy atom. The van der Waals surface area contributed by atoms with Gasteiger partial charge in [0.1, 0.15) is 0 Å². The van der Waals surface area contributed by atoms with Crippen LogP contribution in [0.2, 0.25) is 0 Å². The van der Waals surface area contributed by atoms with Crippen molar-refractivity contribution in [2.24, 2.45) is 5.41 Å². The van der Waals surface area contributed by atoms with Crippen molar-refractivity contribution >= 4 is 15.9 Å². The molecule has 0 aromatic carbocycles. The van der Waals surface area contributed by atoms with E-state index in [4.69, 9.17) is 0 Å². The van der Waals surface area contributed by atoms with Crippen LogP contribution < -0.4 is 0 Å². The fourth-order valence-corrected chi connectivity index (χ4v) is 2.00. The Morgan fingerprint density at radius 3 is 2.27 bits per heavy atom. The van der Waals surface area contributed by atoms with Gasteiger partial charge in [-0.15, -0.1) is 0 Å². The highest BCUT2D eigenvalue weighted by Crippen LogP contribution is 2.29. The fraction of sp³-hybridized carbons (Fsp3) is 1.00. The second-order valence-corrected chi connectivity index (χ2v) is 4.99. The standard InChI is InChI=1S/C9H18BrN/c1-9(2)3-6-11(7-4-9)8-5-10/h3-8H2,1-2H3. The van der Waals surface area contributed by atoms with Crippen molar-refractivity contribution < 1.29 is 0 Å². The second kappa shape index (κ2) is 3.90. The molecule has 1 saturated heterocycles. The van der Waals surface area contributed by atoms with Gasteiger partial charge in [0.2, 0.25) is 0 Å². The van der Waals surface area contributed by atoms with Crippen LogP contribution in [0.25, 0.3) is 0 Å². The number of rotatable bonds is 2. The van der Waals surface area contributed by atoms with Gasteiger partial charge in [-0.1, -0.05) is 29.8 Å². The van der Waals surface area contributed by atoms with Crippen molar-refractivity contribution in [1.29, 1.82) is 0 Å². The molecule has 1 fully saturated rings. The zero-order valence-corrected chi connectivity index (χ0v) is 9.15. The molecule has 2 heteroatoms. The molecule has 0 aromatic rings. The molecule has 1 aliphatic rings. The van der Waals surface area contributed by atoms with E-state index in [0.717, 1.165) is 5.33 Å². The molecule has 0 N–H and O–H groups in total. The summed E-state index contributed by atoms with van der Waals surface area (Å²) in [6, 6.07) is 0. The van der Waals surface area contributed by atoms with E-state index in [1.807, 2.05) is 0 Å². The Labute approximate surface area is 78.3 Å². The summed E-state index contributed by atoms with van der Waals surface area (Å²) in [4.78, 5) is 2.54. The lowest BCUT2D eigenvalue weighted by Crippen LogP contribution is -2.38. The lowest BCUT2D eigenvalue weighted by atomic mass is 9.83. The first-order valence-corrected chi connectivity index (χ1v) is 5.54. The van der Waals surface area contributed by atoms with E-state index < -0.39 is 0 Å². The van der Waals surface area contributed by atoms with Gasteiger partial charge in [-0.05, 0) is 31.3 Å². The normalized spacial score (nSPS) is 25.4. The molecule has 0 aliphatic carbocycles. The maximum Gasteiger partial charge on any atom is 0.0159 e. The zero-order chi connectivity index (χ0) is 8.32. The molecule has 0 atom stereocenters. The monoisotopic (exact) mass is 219 g/mol. The first kappa shape index (κ1) is 9.53. The molecule has 11 heavy (non-hydrogen) atoms. The molecule has 1 nitrogen and oxygen atoms in total. The number of alkyl halides is 1. The quantitative estimate of drug-likeness (QED) is 0.646. The predicted octanol–water partition coefficient (Wildman–Crippen LogP) is 2.50. The Hall–Kier alpha value is 0.440. The molecular weight excluding hydrogens is 202 g/mol. The summed E-state index contributed by atoms with van der Waals surface area (Å²) < 4.78 is 0. The molecule has 0 radical (unpaired) electrons. The average Bonchev–Trinajstić information content (AvgIpc) is 1.94. The zero-order valence-electron chi connectivity index (χ0n) is 7.57. The summed E-state index contributed by atoms with van der Waals surface area (Å²) in [6.07, 6.45) is 2.72. The third-order valence-corrected chi connectivity index (χ3v) is 2.96. The third kappa shape index (κ3) is 3.12. The van der Waals surface area contributed by atoms with Gasteiger partial charge >= 0.3 is 0 Å². The molecule has 0 amide bonds. The summed E-state index contributed by atoms with van der Waals surface area (Å²) in [5.74, 6) is 0. The van der Waals surface area contributed by atoms with Gasteiger partial charge in [-0.2, -0.15) is 0 Å². The number of hydrogen-bond acceptors (Lipinski definition) is 1. The van der Waals surface area contributed by atoms with Gasteiger partial charge in [0.05, 0.1) is 0 Å². The van der Waals surface area contributed by atoms with Crippen molar-refractivity contribution in [2.75, 3.05) is 25.0 Å². The van der Waals surface area contributed by atoms with E-state index >= 15 is 0 Å². The molecule has 1 rings (SSSR count). The maximum absolute atomic E-state index is 3.47. The van der Waals surface area contributed by atoms with Gasteiger partial charge in [0, 0.05) is 11.9 Å². The largest absolute Gasteiger partial charge is 0.302 e. The van der Waals surface area contributed by atoms with Crippen LogP contribution in [-0.2, 0) is 0 Å². The molecule has 1 heterocycles. The molecule has 0 spiro atoms. The van der Waals surface area contributed by atoms with Crippen molar-refractivity contribution in [3.63, 3.8) is 0 Å². The van der Waals surface area contributed by atoms with E-state index in [1.54, 1.807) is 0 Å². The lowest BCUT2D eigenvalue weighted by molar-refractivity contribution is 0.139. The fourth-order valence-electron chi connectivity index (χ4n) is 1.50. The molecule has 0 aromatic heterocycles. The van der Waals surface area contributed by atoms with Crippen LogP contribution in [0.4, 0.5) is 0 Å². The van der Waals surface area contributed by atoms with Crippen LogP contribution >= 0.6 is 15.9 Å². The molecule has 0 unspecified atom stereocenters. The minimum absolute atomic E-state index is 0.600. The first-order chi connectivity index (χ1) is 5.14. The third-order valence-electron chi connectivity index (χ3n) is 2.61. The van der Waals surface area contributed by atoms with E-state index in [-0.39, 0.29) is 0 Å². The Kier molecular flexibility index (Phi) is 3.38. The number of nitrogens with zero attached hydrogens (tertiary/aromatic N) is 1. The first-order valence-electron chi connectivity index (χ1n) is 4.42. The van der Waals surface area contributed by atoms with Crippen molar-refractivity contribution in [3.8, 4) is 0 Å². The minimum Gasteiger partial charge on any atom is -0.302 e. The number of hydrogen-bond donors (Lipinski definition) is 0. The van der Waals surface area contributed by atoms with E-state index in [1.165, 1.54) is 32.5 Å². The van der Waals surface area contributed by atoms with Gasteiger partial charge in [0.15, 0.2) is 0 Å². The van der Waals surface area contributed by atoms with Gasteiger partial charge in [0.25, 0.3) is 0 Å². The van der Waals surface area contributed by atoms with Crippen molar-refractivity contribution in [1.82, 2.24) is 4.90 Å². The summed E-state index contributed by atoms with van der Waals surface area (Å²) >= 11 is 3.47. The van der Waals surface area contributed by atoms with E-state index in [0.29, 0.717) is 5.41 Å². The molecular formula is C9H18BrN. The summed E-state index contributed by atoms with van der Waals surface area (Å²) in [5, 5.41) is 1.12. The Morgan fingerprint density at radius 2 is 1.82 bits per heavy atom. The van der Waals surface area contributed by atoms with Gasteiger partial charge in [-0.25, -0.2) is 0 Å². The highest BCUT2D eigenvalue weighted by molar-refractivity contribution is 9.09. The van der Waals surface area contributed by atoms with Crippen LogP contribution in [0, 0.1) is 5.41 Å². The smallest absolute Gasteiger partial charge is 0.0159 e. The number of halogens is 1. The molecule has 0 saturated carbocycles. The Bertz CT molecular complexity index is 113. The van der Waals surface area contributed by atoms with Crippen molar-refractivity contribution in [3.05, 3.63) is 0 Å². The van der Waals surface area contributed by atoms with Crippen LogP contribution in [0.1, 0.15) is 26.7 Å². The van der Waals surface area contributed by atoms with Crippen LogP contribution in [0.3, 0.4) is 0 Å². The topological polar surface area (TPSA) is 3.24 Å².